The molecule has 1 aromatic heterocycles. The Morgan fingerprint density at radius 1 is 1.27 bits per heavy atom. The number of nitrogens with one attached hydrogen (secondary N) is 3. The standard InChI is InChI=1S/C23H23ClN6O3/c1-25-20-10-16-19(11-21(20)32-12-14-5-7-27-8-6-14)28-13-29-22(16)33-15-3-4-18(17(24)9-15)30-23(31)26-2/h3-4,9-11,13-14,27H,5-8,12H2,2H3,(H2,26,30,31). The van der Waals surface area contributed by atoms with Gasteiger partial charge in [0.1, 0.15) is 17.8 Å². The van der Waals surface area contributed by atoms with Gasteiger partial charge in [0.15, 0.2) is 0 Å². The van der Waals surface area contributed by atoms with Crippen LogP contribution >= 0.6 is 11.6 Å². The van der Waals surface area contributed by atoms with Crippen LogP contribution in [-0.2, 0) is 0 Å². The van der Waals surface area contributed by atoms with E-state index in [9.17, 15) is 4.79 Å². The van der Waals surface area contributed by atoms with Crippen LogP contribution in [0, 0.1) is 12.5 Å². The van der Waals surface area contributed by atoms with E-state index in [1.807, 2.05) is 0 Å². The molecule has 0 radical (unpaired) electrons. The van der Waals surface area contributed by atoms with E-state index >= 15 is 0 Å². The number of benzene rings is 2. The number of aromatic nitrogens is 2. The SMILES string of the molecule is [C-]#[N+]c1cc2c(Oc3ccc(NC(=O)NC)c(Cl)c3)ncnc2cc1OCC1CCNCC1. The van der Waals surface area contributed by atoms with Gasteiger partial charge >= 0.3 is 6.03 Å². The highest BCUT2D eigenvalue weighted by molar-refractivity contribution is 6.33. The van der Waals surface area contributed by atoms with E-state index in [0.29, 0.717) is 51.3 Å². The molecule has 9 nitrogen and oxygen atoms in total. The van der Waals surface area contributed by atoms with Crippen LogP contribution in [0.5, 0.6) is 17.4 Å². The van der Waals surface area contributed by atoms with E-state index in [2.05, 4.69) is 30.8 Å². The number of amides is 2. The third kappa shape index (κ3) is 5.42. The number of carbonyl (C=O) groups is 1. The molecule has 0 saturated carbocycles. The largest absolute Gasteiger partial charge is 0.504 e. The maximum Gasteiger partial charge on any atom is 0.319 e. The summed E-state index contributed by atoms with van der Waals surface area (Å²) in [6, 6.07) is 7.93. The van der Waals surface area contributed by atoms with Crippen molar-refractivity contribution in [1.82, 2.24) is 20.6 Å². The summed E-state index contributed by atoms with van der Waals surface area (Å²) in [7, 11) is 1.52. The molecule has 4 rings (SSSR count). The van der Waals surface area contributed by atoms with Crippen molar-refractivity contribution >= 4 is 39.9 Å². The first-order chi connectivity index (χ1) is 16.1. The molecule has 0 atom stereocenters. The van der Waals surface area contributed by atoms with Crippen LogP contribution in [0.3, 0.4) is 0 Å². The lowest BCUT2D eigenvalue weighted by Crippen LogP contribution is -2.30. The molecule has 170 valence electrons. The number of hydrogen-bond donors (Lipinski definition) is 3. The van der Waals surface area contributed by atoms with Crippen LogP contribution in [0.2, 0.25) is 5.02 Å². The van der Waals surface area contributed by atoms with Gasteiger partial charge in [-0.3, -0.25) is 0 Å². The molecular formula is C23H23ClN6O3. The van der Waals surface area contributed by atoms with Crippen molar-refractivity contribution in [3.63, 3.8) is 0 Å². The Bertz CT molecular complexity index is 1210. The van der Waals surface area contributed by atoms with E-state index in [0.717, 1.165) is 25.9 Å². The van der Waals surface area contributed by atoms with E-state index in [-0.39, 0.29) is 11.9 Å². The molecule has 1 aliphatic rings. The number of rotatable bonds is 6. The molecule has 0 bridgehead atoms. The smallest absolute Gasteiger partial charge is 0.319 e. The summed E-state index contributed by atoms with van der Waals surface area (Å²) in [5.74, 6) is 1.69. The Hall–Kier alpha value is -3.61. The van der Waals surface area contributed by atoms with Crippen LogP contribution in [0.4, 0.5) is 16.2 Å². The fraction of sp³-hybridized carbons (Fsp3) is 0.304. The molecule has 1 fully saturated rings. The van der Waals surface area contributed by atoms with Gasteiger partial charge in [0.25, 0.3) is 0 Å². The molecule has 1 aliphatic heterocycles. The number of anilines is 1. The molecule has 3 aromatic rings. The van der Waals surface area contributed by atoms with Crippen LogP contribution in [-0.4, -0.2) is 42.7 Å². The second kappa shape index (κ2) is 10.3. The molecule has 1 saturated heterocycles. The highest BCUT2D eigenvalue weighted by Gasteiger charge is 2.17. The summed E-state index contributed by atoms with van der Waals surface area (Å²) in [6.45, 7) is 10.1. The Balaban J connectivity index is 1.57. The fourth-order valence-electron chi connectivity index (χ4n) is 3.55. The highest BCUT2D eigenvalue weighted by atomic mass is 35.5. The zero-order valence-electron chi connectivity index (χ0n) is 18.0. The highest BCUT2D eigenvalue weighted by Crippen LogP contribution is 2.37. The van der Waals surface area contributed by atoms with Gasteiger partial charge in [-0.2, -0.15) is 0 Å². The topological polar surface area (TPSA) is 102 Å². The van der Waals surface area contributed by atoms with E-state index < -0.39 is 0 Å². The second-order valence-corrected chi connectivity index (χ2v) is 7.99. The van der Waals surface area contributed by atoms with Gasteiger partial charge in [0.05, 0.1) is 34.8 Å². The van der Waals surface area contributed by atoms with E-state index in [1.165, 1.54) is 13.4 Å². The summed E-state index contributed by atoms with van der Waals surface area (Å²) in [6.07, 6.45) is 3.51. The number of ether oxygens (including phenoxy) is 2. The average molecular weight is 467 g/mol. The summed E-state index contributed by atoms with van der Waals surface area (Å²) >= 11 is 6.27. The molecule has 3 N–H and O–H groups in total. The minimum atomic E-state index is -0.378. The average Bonchev–Trinajstić information content (AvgIpc) is 2.84. The summed E-state index contributed by atoms with van der Waals surface area (Å²) in [4.78, 5) is 23.7. The van der Waals surface area contributed by atoms with E-state index in [1.54, 1.807) is 30.3 Å². The van der Waals surface area contributed by atoms with Gasteiger partial charge in [-0.05, 0) is 56.1 Å². The maximum atomic E-state index is 11.5. The molecule has 10 heteroatoms. The first-order valence-electron chi connectivity index (χ1n) is 10.5. The number of halogens is 1. The monoisotopic (exact) mass is 466 g/mol. The van der Waals surface area contributed by atoms with Crippen LogP contribution in [0.15, 0.2) is 36.7 Å². The van der Waals surface area contributed by atoms with Gasteiger partial charge in [0, 0.05) is 13.1 Å². The van der Waals surface area contributed by atoms with Crippen molar-refractivity contribution in [2.24, 2.45) is 5.92 Å². The van der Waals surface area contributed by atoms with Crippen LogP contribution in [0.1, 0.15) is 12.8 Å². The Morgan fingerprint density at radius 2 is 2.09 bits per heavy atom. The molecule has 0 spiro atoms. The van der Waals surface area contributed by atoms with Crippen molar-refractivity contribution in [3.05, 3.63) is 53.1 Å². The molecule has 2 heterocycles. The number of urea groups is 1. The lowest BCUT2D eigenvalue weighted by molar-refractivity contribution is 0.216. The summed E-state index contributed by atoms with van der Waals surface area (Å²) < 4.78 is 11.9. The predicted molar refractivity (Wildman–Crippen MR) is 126 cm³/mol. The number of nitrogens with zero attached hydrogens (tertiary/aromatic N) is 3. The quantitative estimate of drug-likeness (QED) is 0.453. The molecule has 2 amide bonds. The normalized spacial score (nSPS) is 13.8. The Morgan fingerprint density at radius 3 is 2.82 bits per heavy atom. The van der Waals surface area contributed by atoms with Gasteiger partial charge < -0.3 is 25.4 Å². The molecule has 33 heavy (non-hydrogen) atoms. The Labute approximate surface area is 196 Å². The van der Waals surface area contributed by atoms with Crippen LogP contribution in [0.25, 0.3) is 15.7 Å². The summed E-state index contributed by atoms with van der Waals surface area (Å²) in [5, 5.41) is 9.32. The molecule has 0 unspecified atom stereocenters. The minimum Gasteiger partial charge on any atom is -0.504 e. The third-order valence-corrected chi connectivity index (χ3v) is 5.68. The number of fused-ring (bicyclic) bond motifs is 1. The predicted octanol–water partition coefficient (Wildman–Crippen LogP) is 4.76. The molecular weight excluding hydrogens is 444 g/mol. The summed E-state index contributed by atoms with van der Waals surface area (Å²) in [5.41, 5.74) is 1.43. The lowest BCUT2D eigenvalue weighted by atomic mass is 9.99. The van der Waals surface area contributed by atoms with Crippen molar-refractivity contribution in [1.29, 1.82) is 0 Å². The molecule has 2 aromatic carbocycles. The lowest BCUT2D eigenvalue weighted by Gasteiger charge is -2.23. The van der Waals surface area contributed by atoms with Gasteiger partial charge in [-0.25, -0.2) is 19.6 Å². The van der Waals surface area contributed by atoms with Gasteiger partial charge in [-0.15, -0.1) is 0 Å². The molecule has 0 aliphatic carbocycles. The minimum absolute atomic E-state index is 0.290. The second-order valence-electron chi connectivity index (χ2n) is 7.58. The van der Waals surface area contributed by atoms with Crippen molar-refractivity contribution in [2.45, 2.75) is 12.8 Å². The van der Waals surface area contributed by atoms with Gasteiger partial charge in [0.2, 0.25) is 11.6 Å². The van der Waals surface area contributed by atoms with Gasteiger partial charge in [-0.1, -0.05) is 11.6 Å². The van der Waals surface area contributed by atoms with Crippen LogP contribution < -0.4 is 25.4 Å². The number of piperidine rings is 1. The van der Waals surface area contributed by atoms with Crippen molar-refractivity contribution in [2.75, 3.05) is 32.1 Å². The number of hydrogen-bond acceptors (Lipinski definition) is 6. The number of carbonyl (C=O) groups excluding carboxylic acids is 1. The maximum absolute atomic E-state index is 11.5. The van der Waals surface area contributed by atoms with Crippen molar-refractivity contribution in [3.8, 4) is 17.4 Å². The zero-order chi connectivity index (χ0) is 23.2. The third-order valence-electron chi connectivity index (χ3n) is 5.36. The Kier molecular flexibility index (Phi) is 7.07. The van der Waals surface area contributed by atoms with E-state index in [4.69, 9.17) is 27.6 Å². The fourth-order valence-corrected chi connectivity index (χ4v) is 3.76. The first-order valence-corrected chi connectivity index (χ1v) is 10.9. The first kappa shape index (κ1) is 22.6. The van der Waals surface area contributed by atoms with Crippen molar-refractivity contribution < 1.29 is 14.3 Å². The zero-order valence-corrected chi connectivity index (χ0v) is 18.8.